The molecule has 0 radical (unpaired) electrons. The van der Waals surface area contributed by atoms with Gasteiger partial charge in [-0.05, 0) is 24.6 Å². The van der Waals surface area contributed by atoms with E-state index >= 15 is 0 Å². The lowest BCUT2D eigenvalue weighted by atomic mass is 10.0. The zero-order valence-corrected chi connectivity index (χ0v) is 9.76. The van der Waals surface area contributed by atoms with Crippen LogP contribution in [0.4, 0.5) is 4.39 Å². The largest absolute Gasteiger partial charge is 0.394 e. The average molecular weight is 248 g/mol. The Kier molecular flexibility index (Phi) is 4.68. The molecular weight excluding hydrogens is 233 g/mol. The van der Waals surface area contributed by atoms with E-state index in [1.54, 1.807) is 13.0 Å². The summed E-state index contributed by atoms with van der Waals surface area (Å²) in [6.07, 6.45) is 0. The second-order valence-corrected chi connectivity index (χ2v) is 4.39. The minimum absolute atomic E-state index is 0.0795. The van der Waals surface area contributed by atoms with Crippen LogP contribution >= 0.6 is 11.6 Å². The van der Waals surface area contributed by atoms with Crippen LogP contribution in [0.25, 0.3) is 0 Å². The fourth-order valence-electron chi connectivity index (χ4n) is 1.13. The molecule has 0 saturated heterocycles. The van der Waals surface area contributed by atoms with Crippen molar-refractivity contribution in [3.63, 3.8) is 0 Å². The molecule has 3 nitrogen and oxygen atoms in total. The molecule has 0 aliphatic rings. The van der Waals surface area contributed by atoms with Crippen LogP contribution in [0, 0.1) is 5.82 Å². The first kappa shape index (κ1) is 13.4. The average Bonchev–Trinajstić information content (AvgIpc) is 2.30. The highest BCUT2D eigenvalue weighted by Gasteiger charge is 2.21. The molecule has 0 aliphatic carbocycles. The third-order valence-corrected chi connectivity index (χ3v) is 2.71. The van der Waals surface area contributed by atoms with Crippen LogP contribution in [-0.4, -0.2) is 29.0 Å². The standard InChI is InChI=1S/C11H15ClFNO2/c1-11(6-15,7-16)14-5-8-2-3-9(12)10(13)4-8/h2-4,14-16H,5-7H2,1H3. The van der Waals surface area contributed by atoms with Crippen LogP contribution in [-0.2, 0) is 6.54 Å². The van der Waals surface area contributed by atoms with Crippen molar-refractivity contribution in [3.05, 3.63) is 34.6 Å². The van der Waals surface area contributed by atoms with Gasteiger partial charge >= 0.3 is 0 Å². The van der Waals surface area contributed by atoms with Crippen molar-refractivity contribution in [1.29, 1.82) is 0 Å². The molecule has 0 aliphatic heterocycles. The monoisotopic (exact) mass is 247 g/mol. The lowest BCUT2D eigenvalue weighted by Crippen LogP contribution is -2.48. The Labute approximate surface area is 98.9 Å². The van der Waals surface area contributed by atoms with Gasteiger partial charge in [-0.3, -0.25) is 0 Å². The predicted molar refractivity (Wildman–Crippen MR) is 60.8 cm³/mol. The zero-order valence-electron chi connectivity index (χ0n) is 9.00. The SMILES string of the molecule is CC(CO)(CO)NCc1ccc(Cl)c(F)c1. The van der Waals surface area contributed by atoms with Crippen LogP contribution in [0.3, 0.4) is 0 Å². The van der Waals surface area contributed by atoms with Gasteiger partial charge < -0.3 is 15.5 Å². The van der Waals surface area contributed by atoms with Crippen LogP contribution in [0.15, 0.2) is 18.2 Å². The zero-order chi connectivity index (χ0) is 12.2. The van der Waals surface area contributed by atoms with Crippen LogP contribution in [0.1, 0.15) is 12.5 Å². The summed E-state index contributed by atoms with van der Waals surface area (Å²) < 4.78 is 13.1. The van der Waals surface area contributed by atoms with E-state index in [0.29, 0.717) is 12.1 Å². The molecular formula is C11H15ClFNO2. The smallest absolute Gasteiger partial charge is 0.142 e. The molecule has 0 unspecified atom stereocenters. The van der Waals surface area contributed by atoms with E-state index < -0.39 is 11.4 Å². The van der Waals surface area contributed by atoms with E-state index in [4.69, 9.17) is 21.8 Å². The van der Waals surface area contributed by atoms with Crippen molar-refractivity contribution in [3.8, 4) is 0 Å². The topological polar surface area (TPSA) is 52.5 Å². The normalized spacial score (nSPS) is 11.8. The maximum Gasteiger partial charge on any atom is 0.142 e. The Morgan fingerprint density at radius 1 is 1.38 bits per heavy atom. The van der Waals surface area contributed by atoms with Crippen molar-refractivity contribution in [2.45, 2.75) is 19.0 Å². The van der Waals surface area contributed by atoms with Gasteiger partial charge in [0, 0.05) is 6.54 Å². The molecule has 90 valence electrons. The van der Waals surface area contributed by atoms with Gasteiger partial charge in [0.25, 0.3) is 0 Å². The maximum atomic E-state index is 13.1. The molecule has 0 spiro atoms. The van der Waals surface area contributed by atoms with Gasteiger partial charge in [0.15, 0.2) is 0 Å². The highest BCUT2D eigenvalue weighted by atomic mass is 35.5. The first-order valence-electron chi connectivity index (χ1n) is 4.91. The predicted octanol–water partition coefficient (Wildman–Crippen LogP) is 1.31. The van der Waals surface area contributed by atoms with Gasteiger partial charge in [0.05, 0.1) is 23.8 Å². The van der Waals surface area contributed by atoms with E-state index in [1.165, 1.54) is 12.1 Å². The van der Waals surface area contributed by atoms with Gasteiger partial charge in [-0.2, -0.15) is 0 Å². The second-order valence-electron chi connectivity index (χ2n) is 3.98. The third-order valence-electron chi connectivity index (χ3n) is 2.40. The van der Waals surface area contributed by atoms with Crippen molar-refractivity contribution in [1.82, 2.24) is 5.32 Å². The molecule has 1 aromatic rings. The molecule has 3 N–H and O–H groups in total. The molecule has 1 rings (SSSR count). The summed E-state index contributed by atoms with van der Waals surface area (Å²) in [7, 11) is 0. The number of benzene rings is 1. The Bertz CT molecular complexity index is 356. The lowest BCUT2D eigenvalue weighted by Gasteiger charge is -2.26. The molecule has 0 atom stereocenters. The molecule has 0 bridgehead atoms. The number of hydrogen-bond donors (Lipinski definition) is 3. The number of hydrogen-bond acceptors (Lipinski definition) is 3. The summed E-state index contributed by atoms with van der Waals surface area (Å²) >= 11 is 5.55. The van der Waals surface area contributed by atoms with E-state index in [9.17, 15) is 4.39 Å². The first-order chi connectivity index (χ1) is 7.50. The van der Waals surface area contributed by atoms with E-state index in [1.807, 2.05) is 0 Å². The van der Waals surface area contributed by atoms with Gasteiger partial charge in [0.2, 0.25) is 0 Å². The molecule has 0 fully saturated rings. The summed E-state index contributed by atoms with van der Waals surface area (Å²) in [5.41, 5.74) is -0.0640. The first-order valence-corrected chi connectivity index (χ1v) is 5.29. The van der Waals surface area contributed by atoms with Gasteiger partial charge in [0.1, 0.15) is 5.82 Å². The molecule has 0 amide bonds. The lowest BCUT2D eigenvalue weighted by molar-refractivity contribution is 0.103. The number of aliphatic hydroxyl groups excluding tert-OH is 2. The minimum Gasteiger partial charge on any atom is -0.394 e. The van der Waals surface area contributed by atoms with Crippen LogP contribution < -0.4 is 5.32 Å². The molecule has 0 saturated carbocycles. The second kappa shape index (κ2) is 5.59. The number of nitrogens with one attached hydrogen (secondary N) is 1. The van der Waals surface area contributed by atoms with Crippen molar-refractivity contribution in [2.24, 2.45) is 0 Å². The fourth-order valence-corrected chi connectivity index (χ4v) is 1.24. The van der Waals surface area contributed by atoms with Crippen molar-refractivity contribution in [2.75, 3.05) is 13.2 Å². The molecule has 16 heavy (non-hydrogen) atoms. The molecule has 5 heteroatoms. The van der Waals surface area contributed by atoms with Crippen molar-refractivity contribution >= 4 is 11.6 Å². The van der Waals surface area contributed by atoms with Crippen LogP contribution in [0.2, 0.25) is 5.02 Å². The van der Waals surface area contributed by atoms with Gasteiger partial charge in [-0.25, -0.2) is 4.39 Å². The minimum atomic E-state index is -0.768. The van der Waals surface area contributed by atoms with Gasteiger partial charge in [-0.15, -0.1) is 0 Å². The van der Waals surface area contributed by atoms with Crippen LogP contribution in [0.5, 0.6) is 0 Å². The molecule has 0 heterocycles. The maximum absolute atomic E-state index is 13.1. The quantitative estimate of drug-likeness (QED) is 0.736. The van der Waals surface area contributed by atoms with Gasteiger partial charge in [-0.1, -0.05) is 17.7 Å². The summed E-state index contributed by atoms with van der Waals surface area (Å²) in [4.78, 5) is 0. The highest BCUT2D eigenvalue weighted by molar-refractivity contribution is 6.30. The summed E-state index contributed by atoms with van der Waals surface area (Å²) in [5.74, 6) is -0.476. The Morgan fingerprint density at radius 3 is 2.50 bits per heavy atom. The third kappa shape index (κ3) is 3.42. The number of rotatable bonds is 5. The molecule has 0 aromatic heterocycles. The van der Waals surface area contributed by atoms with E-state index in [2.05, 4.69) is 5.32 Å². The summed E-state index contributed by atoms with van der Waals surface area (Å²) in [5, 5.41) is 21.1. The number of aliphatic hydroxyl groups is 2. The Morgan fingerprint density at radius 2 is 2.00 bits per heavy atom. The summed E-state index contributed by atoms with van der Waals surface area (Å²) in [6, 6.07) is 4.49. The molecule has 1 aromatic carbocycles. The Hall–Kier alpha value is -0.680. The van der Waals surface area contributed by atoms with E-state index in [0.717, 1.165) is 0 Å². The summed E-state index contributed by atoms with van der Waals surface area (Å²) in [6.45, 7) is 1.64. The fraction of sp³-hybridized carbons (Fsp3) is 0.455. The van der Waals surface area contributed by atoms with E-state index in [-0.39, 0.29) is 18.2 Å². The number of halogens is 2. The highest BCUT2D eigenvalue weighted by Crippen LogP contribution is 2.16. The Balaban J connectivity index is 2.64. The van der Waals surface area contributed by atoms with Crippen molar-refractivity contribution < 1.29 is 14.6 Å².